The van der Waals surface area contributed by atoms with Crippen LogP contribution in [-0.2, 0) is 16.0 Å². The number of rotatable bonds is 4. The van der Waals surface area contributed by atoms with E-state index in [1.165, 1.54) is 28.8 Å². The lowest BCUT2D eigenvalue weighted by Crippen LogP contribution is -2.33. The first kappa shape index (κ1) is 21.0. The molecular weight excluding hydrogens is 438 g/mol. The lowest BCUT2D eigenvalue weighted by atomic mass is 9.97. The van der Waals surface area contributed by atoms with Crippen molar-refractivity contribution in [1.82, 2.24) is 0 Å². The fourth-order valence-electron chi connectivity index (χ4n) is 4.08. The summed E-state index contributed by atoms with van der Waals surface area (Å²) >= 11 is 1.25. The van der Waals surface area contributed by atoms with E-state index in [4.69, 9.17) is 0 Å². The number of amides is 2. The molecule has 33 heavy (non-hydrogen) atoms. The molecule has 7 nitrogen and oxygen atoms in total. The average molecular weight is 458 g/mol. The second-order valence-corrected chi connectivity index (χ2v) is 8.79. The highest BCUT2D eigenvalue weighted by atomic mass is 32.2. The topological polar surface area (TPSA) is 92.5 Å². The number of nitrogens with one attached hydrogen (secondary N) is 1. The summed E-state index contributed by atoms with van der Waals surface area (Å²) in [5.41, 5.74) is 3.12. The minimum absolute atomic E-state index is 0.0783. The van der Waals surface area contributed by atoms with Gasteiger partial charge in [-0.25, -0.2) is 4.90 Å². The number of nitro benzene ring substituents is 1. The van der Waals surface area contributed by atoms with Crippen LogP contribution in [0.4, 0.5) is 17.1 Å². The normalized spacial score (nSPS) is 17.4. The summed E-state index contributed by atoms with van der Waals surface area (Å²) in [5, 5.41) is 14.7. The molecule has 0 aliphatic carbocycles. The number of fused-ring (bicyclic) bond motifs is 1. The average Bonchev–Trinajstić information content (AvgIpc) is 2.98. The van der Waals surface area contributed by atoms with Crippen LogP contribution < -0.4 is 10.2 Å². The van der Waals surface area contributed by atoms with Gasteiger partial charge in [-0.3, -0.25) is 19.7 Å². The van der Waals surface area contributed by atoms with E-state index in [0.29, 0.717) is 21.7 Å². The van der Waals surface area contributed by atoms with Crippen molar-refractivity contribution >= 4 is 40.6 Å². The van der Waals surface area contributed by atoms with Gasteiger partial charge in [0.15, 0.2) is 0 Å². The molecule has 2 amide bonds. The number of aryl methyl sites for hydroxylation is 1. The maximum absolute atomic E-state index is 13.7. The Bertz CT molecular complexity index is 1330. The van der Waals surface area contributed by atoms with Crippen molar-refractivity contribution in [3.05, 3.63) is 105 Å². The predicted molar refractivity (Wildman–Crippen MR) is 127 cm³/mol. The fraction of sp³-hybridized carbons (Fsp3) is 0.120. The number of thioether (sulfide) groups is 1. The molecule has 0 bridgehead atoms. The largest absolute Gasteiger partial charge is 0.373 e. The van der Waals surface area contributed by atoms with Gasteiger partial charge < -0.3 is 5.32 Å². The fourth-order valence-corrected chi connectivity index (χ4v) is 5.17. The second-order valence-electron chi connectivity index (χ2n) is 7.74. The van der Waals surface area contributed by atoms with Crippen molar-refractivity contribution in [3.63, 3.8) is 0 Å². The van der Waals surface area contributed by atoms with Crippen molar-refractivity contribution in [2.24, 2.45) is 0 Å². The van der Waals surface area contributed by atoms with Gasteiger partial charge in [0, 0.05) is 22.7 Å². The summed E-state index contributed by atoms with van der Waals surface area (Å²) in [6, 6.07) is 20.3. The summed E-state index contributed by atoms with van der Waals surface area (Å²) < 4.78 is 0. The van der Waals surface area contributed by atoms with E-state index in [9.17, 15) is 19.7 Å². The Hall–Kier alpha value is -3.91. The first-order chi connectivity index (χ1) is 16.0. The molecule has 0 radical (unpaired) electrons. The van der Waals surface area contributed by atoms with E-state index in [2.05, 4.69) is 5.32 Å². The Kier molecular flexibility index (Phi) is 5.22. The van der Waals surface area contributed by atoms with Crippen LogP contribution in [0.25, 0.3) is 0 Å². The molecule has 3 aromatic carbocycles. The molecule has 164 valence electrons. The molecule has 2 heterocycles. The molecule has 5 rings (SSSR count). The monoisotopic (exact) mass is 457 g/mol. The van der Waals surface area contributed by atoms with E-state index in [0.717, 1.165) is 22.6 Å². The number of hydrogen-bond donors (Lipinski definition) is 1. The van der Waals surface area contributed by atoms with Gasteiger partial charge in [0.05, 0.1) is 27.1 Å². The molecular formula is C25H19N3O4S. The van der Waals surface area contributed by atoms with Gasteiger partial charge in [0.1, 0.15) is 0 Å². The minimum atomic E-state index is -0.715. The zero-order valence-electron chi connectivity index (χ0n) is 17.6. The maximum Gasteiger partial charge on any atom is 0.272 e. The van der Waals surface area contributed by atoms with Gasteiger partial charge in [-0.05, 0) is 41.8 Å². The zero-order chi connectivity index (χ0) is 23.1. The molecule has 1 atom stereocenters. The highest BCUT2D eigenvalue weighted by molar-refractivity contribution is 8.04. The third kappa shape index (κ3) is 3.58. The molecule has 0 spiro atoms. The van der Waals surface area contributed by atoms with Crippen molar-refractivity contribution in [1.29, 1.82) is 0 Å². The van der Waals surface area contributed by atoms with E-state index >= 15 is 0 Å². The second kappa shape index (κ2) is 8.22. The van der Waals surface area contributed by atoms with Crippen LogP contribution in [0.15, 0.2) is 88.2 Å². The molecule has 0 fully saturated rings. The third-order valence-corrected chi connectivity index (χ3v) is 6.95. The molecule has 1 unspecified atom stereocenters. The van der Waals surface area contributed by atoms with Crippen LogP contribution >= 0.6 is 11.8 Å². The third-order valence-electron chi connectivity index (χ3n) is 5.78. The number of imide groups is 1. The smallest absolute Gasteiger partial charge is 0.272 e. The molecule has 3 aromatic rings. The number of carbonyl (C=O) groups is 2. The molecule has 8 heteroatoms. The summed E-state index contributed by atoms with van der Waals surface area (Å²) in [6.07, 6.45) is 0.850. The predicted octanol–water partition coefficient (Wildman–Crippen LogP) is 5.24. The Morgan fingerprint density at radius 3 is 2.48 bits per heavy atom. The summed E-state index contributed by atoms with van der Waals surface area (Å²) in [6.45, 7) is 2.04. The molecule has 2 aliphatic heterocycles. The summed E-state index contributed by atoms with van der Waals surface area (Å²) in [5.74, 6) is -0.818. The quantitative estimate of drug-likeness (QED) is 0.327. The standard InChI is InChI=1S/C25H19N3O4S/c1-2-15-10-12-17(13-11-15)27-24(29)21-22(16-6-5-7-18(14-16)28(31)32)26-19-8-3-4-9-20(19)33-23(21)25(27)30/h3-14,22,26H,2H2,1H3. The summed E-state index contributed by atoms with van der Waals surface area (Å²) in [4.78, 5) is 40.4. The van der Waals surface area contributed by atoms with Crippen LogP contribution in [-0.4, -0.2) is 16.7 Å². The van der Waals surface area contributed by atoms with Gasteiger partial charge in [-0.15, -0.1) is 0 Å². The first-order valence-electron chi connectivity index (χ1n) is 10.5. The highest BCUT2D eigenvalue weighted by Gasteiger charge is 2.45. The van der Waals surface area contributed by atoms with Gasteiger partial charge >= 0.3 is 0 Å². The van der Waals surface area contributed by atoms with E-state index in [-0.39, 0.29) is 5.69 Å². The summed E-state index contributed by atoms with van der Waals surface area (Å²) in [7, 11) is 0. The SMILES string of the molecule is CCc1ccc(N2C(=O)C3=C(C2=O)C(c2cccc([N+](=O)[O-])c2)Nc2ccccc2S3)cc1. The van der Waals surface area contributed by atoms with Crippen LogP contribution in [0.3, 0.4) is 0 Å². The number of nitrogens with zero attached hydrogens (tertiary/aromatic N) is 2. The molecule has 0 saturated carbocycles. The van der Waals surface area contributed by atoms with Gasteiger partial charge in [0.25, 0.3) is 17.5 Å². The molecule has 0 saturated heterocycles. The Morgan fingerprint density at radius 2 is 1.76 bits per heavy atom. The lowest BCUT2D eigenvalue weighted by Gasteiger charge is -2.22. The zero-order valence-corrected chi connectivity index (χ0v) is 18.5. The van der Waals surface area contributed by atoms with Crippen LogP contribution in [0.1, 0.15) is 24.1 Å². The number of hydrogen-bond acceptors (Lipinski definition) is 6. The maximum atomic E-state index is 13.7. The molecule has 2 aliphatic rings. The number of para-hydroxylation sites is 1. The van der Waals surface area contributed by atoms with Crippen LogP contribution in [0.5, 0.6) is 0 Å². The molecule has 1 N–H and O–H groups in total. The number of benzene rings is 3. The van der Waals surface area contributed by atoms with Crippen LogP contribution in [0, 0.1) is 10.1 Å². The number of carbonyl (C=O) groups excluding carboxylic acids is 2. The molecule has 0 aromatic heterocycles. The van der Waals surface area contributed by atoms with Crippen LogP contribution in [0.2, 0.25) is 0 Å². The van der Waals surface area contributed by atoms with Gasteiger partial charge in [-0.1, -0.05) is 55.1 Å². The Morgan fingerprint density at radius 1 is 1.00 bits per heavy atom. The van der Waals surface area contributed by atoms with E-state index < -0.39 is 22.8 Å². The first-order valence-corrected chi connectivity index (χ1v) is 11.3. The van der Waals surface area contributed by atoms with E-state index in [1.807, 2.05) is 43.3 Å². The number of non-ortho nitro benzene ring substituents is 1. The van der Waals surface area contributed by atoms with Gasteiger partial charge in [-0.2, -0.15) is 0 Å². The van der Waals surface area contributed by atoms with Crippen molar-refractivity contribution in [2.75, 3.05) is 10.2 Å². The number of nitro groups is 1. The highest BCUT2D eigenvalue weighted by Crippen LogP contribution is 2.48. The van der Waals surface area contributed by atoms with E-state index in [1.54, 1.807) is 24.3 Å². The van der Waals surface area contributed by atoms with Crippen molar-refractivity contribution in [2.45, 2.75) is 24.3 Å². The lowest BCUT2D eigenvalue weighted by molar-refractivity contribution is -0.384. The van der Waals surface area contributed by atoms with Crippen molar-refractivity contribution < 1.29 is 14.5 Å². The number of anilines is 2. The minimum Gasteiger partial charge on any atom is -0.373 e. The Balaban J connectivity index is 1.64. The van der Waals surface area contributed by atoms with Gasteiger partial charge in [0.2, 0.25) is 0 Å². The van der Waals surface area contributed by atoms with Crippen molar-refractivity contribution in [3.8, 4) is 0 Å². The Labute approximate surface area is 194 Å².